The largest absolute Gasteiger partial charge is 0.392 e. The summed E-state index contributed by atoms with van der Waals surface area (Å²) < 4.78 is 28.2. The molecule has 2 aromatic rings. The van der Waals surface area contributed by atoms with Gasteiger partial charge in [-0.15, -0.1) is 11.3 Å². The van der Waals surface area contributed by atoms with Crippen molar-refractivity contribution in [2.75, 3.05) is 6.54 Å². The molecule has 1 unspecified atom stereocenters. The standard InChI is InChI=1S/C11H15N3O3S2/c1-8(15)6-12-19(16,17)10-7-14(2)13-11(10)9-4-3-5-18-9/h3-5,7-8,12,15H,6H2,1-2H3. The van der Waals surface area contributed by atoms with E-state index in [-0.39, 0.29) is 11.4 Å². The smallest absolute Gasteiger partial charge is 0.244 e. The normalized spacial score (nSPS) is 13.6. The molecular formula is C11H15N3O3S2. The fourth-order valence-corrected chi connectivity index (χ4v) is 3.66. The minimum Gasteiger partial charge on any atom is -0.392 e. The van der Waals surface area contributed by atoms with Crippen LogP contribution in [-0.4, -0.2) is 36.0 Å². The third-order valence-corrected chi connectivity index (χ3v) is 4.71. The van der Waals surface area contributed by atoms with Crippen molar-refractivity contribution in [1.82, 2.24) is 14.5 Å². The first-order chi connectivity index (χ1) is 8.90. The Kier molecular flexibility index (Phi) is 4.04. The van der Waals surface area contributed by atoms with E-state index in [1.165, 1.54) is 29.1 Å². The second kappa shape index (κ2) is 5.41. The van der Waals surface area contributed by atoms with E-state index in [9.17, 15) is 13.5 Å². The van der Waals surface area contributed by atoms with Crippen molar-refractivity contribution in [3.63, 3.8) is 0 Å². The van der Waals surface area contributed by atoms with Crippen LogP contribution in [0.1, 0.15) is 6.92 Å². The summed E-state index contributed by atoms with van der Waals surface area (Å²) in [5.41, 5.74) is 0.426. The van der Waals surface area contributed by atoms with Gasteiger partial charge in [0, 0.05) is 19.8 Å². The van der Waals surface area contributed by atoms with Crippen LogP contribution in [-0.2, 0) is 17.1 Å². The molecule has 2 rings (SSSR count). The highest BCUT2D eigenvalue weighted by molar-refractivity contribution is 7.89. The topological polar surface area (TPSA) is 84.2 Å². The van der Waals surface area contributed by atoms with E-state index in [2.05, 4.69) is 9.82 Å². The van der Waals surface area contributed by atoms with Crippen molar-refractivity contribution in [3.8, 4) is 10.6 Å². The number of nitrogens with one attached hydrogen (secondary N) is 1. The zero-order chi connectivity index (χ0) is 14.0. The number of aliphatic hydroxyl groups is 1. The molecule has 19 heavy (non-hydrogen) atoms. The number of thiophene rings is 1. The Hall–Kier alpha value is -1.22. The highest BCUT2D eigenvalue weighted by atomic mass is 32.2. The summed E-state index contributed by atoms with van der Waals surface area (Å²) in [5, 5.41) is 15.2. The second-order valence-electron chi connectivity index (χ2n) is 4.19. The predicted octanol–water partition coefficient (Wildman–Crippen LogP) is 0.808. The van der Waals surface area contributed by atoms with Gasteiger partial charge >= 0.3 is 0 Å². The summed E-state index contributed by atoms with van der Waals surface area (Å²) in [4.78, 5) is 0.913. The van der Waals surface area contributed by atoms with E-state index < -0.39 is 16.1 Å². The molecule has 2 heterocycles. The Bertz CT molecular complexity index is 645. The maximum atomic E-state index is 12.2. The summed E-state index contributed by atoms with van der Waals surface area (Å²) in [6, 6.07) is 3.66. The third kappa shape index (κ3) is 3.21. The maximum absolute atomic E-state index is 12.2. The molecule has 0 bridgehead atoms. The Balaban J connectivity index is 2.40. The van der Waals surface area contributed by atoms with Gasteiger partial charge in [0.15, 0.2) is 0 Å². The summed E-state index contributed by atoms with van der Waals surface area (Å²) in [5.74, 6) is 0. The average molecular weight is 301 g/mol. The molecule has 0 fully saturated rings. The summed E-state index contributed by atoms with van der Waals surface area (Å²) in [7, 11) is -2.01. The summed E-state index contributed by atoms with van der Waals surface area (Å²) in [6.07, 6.45) is 0.719. The molecule has 6 nitrogen and oxygen atoms in total. The van der Waals surface area contributed by atoms with Crippen molar-refractivity contribution >= 4 is 21.4 Å². The number of hydrogen-bond acceptors (Lipinski definition) is 5. The van der Waals surface area contributed by atoms with Crippen LogP contribution in [0.2, 0.25) is 0 Å². The van der Waals surface area contributed by atoms with Crippen molar-refractivity contribution in [2.45, 2.75) is 17.9 Å². The average Bonchev–Trinajstić information content (AvgIpc) is 2.94. The molecule has 104 valence electrons. The minimum atomic E-state index is -3.68. The molecule has 8 heteroatoms. The van der Waals surface area contributed by atoms with Gasteiger partial charge in [0.1, 0.15) is 10.6 Å². The number of aliphatic hydroxyl groups excluding tert-OH is 1. The zero-order valence-corrected chi connectivity index (χ0v) is 12.2. The lowest BCUT2D eigenvalue weighted by Gasteiger charge is -2.07. The van der Waals surface area contributed by atoms with E-state index in [0.717, 1.165) is 4.88 Å². The monoisotopic (exact) mass is 301 g/mol. The maximum Gasteiger partial charge on any atom is 0.244 e. The van der Waals surface area contributed by atoms with Gasteiger partial charge in [-0.1, -0.05) is 6.07 Å². The van der Waals surface area contributed by atoms with Gasteiger partial charge in [-0.25, -0.2) is 13.1 Å². The SMILES string of the molecule is CC(O)CNS(=O)(=O)c1cn(C)nc1-c1cccs1. The molecule has 0 radical (unpaired) electrons. The molecular weight excluding hydrogens is 286 g/mol. The highest BCUT2D eigenvalue weighted by Gasteiger charge is 2.23. The van der Waals surface area contributed by atoms with Crippen molar-refractivity contribution in [3.05, 3.63) is 23.7 Å². The Morgan fingerprint density at radius 3 is 2.89 bits per heavy atom. The number of rotatable bonds is 5. The fourth-order valence-electron chi connectivity index (χ4n) is 1.56. The van der Waals surface area contributed by atoms with Crippen LogP contribution in [0.3, 0.4) is 0 Å². The molecule has 0 aliphatic rings. The van der Waals surface area contributed by atoms with E-state index in [1.54, 1.807) is 7.05 Å². The molecule has 0 aliphatic carbocycles. The lowest BCUT2D eigenvalue weighted by atomic mass is 10.3. The molecule has 0 saturated heterocycles. The van der Waals surface area contributed by atoms with Crippen LogP contribution >= 0.6 is 11.3 Å². The first-order valence-corrected chi connectivity index (χ1v) is 8.01. The van der Waals surface area contributed by atoms with Crippen molar-refractivity contribution in [2.24, 2.45) is 7.05 Å². The van der Waals surface area contributed by atoms with Gasteiger partial charge in [-0.3, -0.25) is 4.68 Å². The van der Waals surface area contributed by atoms with Crippen LogP contribution < -0.4 is 4.72 Å². The number of aromatic nitrogens is 2. The minimum absolute atomic E-state index is 0.0267. The van der Waals surface area contributed by atoms with Crippen molar-refractivity contribution in [1.29, 1.82) is 0 Å². The van der Waals surface area contributed by atoms with Gasteiger partial charge in [-0.05, 0) is 18.4 Å². The molecule has 0 amide bonds. The van der Waals surface area contributed by atoms with E-state index in [4.69, 9.17) is 0 Å². The van der Waals surface area contributed by atoms with E-state index in [0.29, 0.717) is 5.69 Å². The first-order valence-electron chi connectivity index (χ1n) is 5.65. The molecule has 2 N–H and O–H groups in total. The Morgan fingerprint density at radius 1 is 1.58 bits per heavy atom. The number of sulfonamides is 1. The van der Waals surface area contributed by atoms with Gasteiger partial charge in [0.05, 0.1) is 11.0 Å². The van der Waals surface area contributed by atoms with Crippen LogP contribution in [0.4, 0.5) is 0 Å². The molecule has 0 aliphatic heterocycles. The van der Waals surface area contributed by atoms with Gasteiger partial charge < -0.3 is 5.11 Å². The summed E-state index contributed by atoms with van der Waals surface area (Å²) in [6.45, 7) is 1.49. The number of hydrogen-bond donors (Lipinski definition) is 2. The number of aryl methyl sites for hydroxylation is 1. The number of nitrogens with zero attached hydrogens (tertiary/aromatic N) is 2. The predicted molar refractivity (Wildman–Crippen MR) is 73.4 cm³/mol. The van der Waals surface area contributed by atoms with Crippen LogP contribution in [0.25, 0.3) is 10.6 Å². The van der Waals surface area contributed by atoms with Crippen molar-refractivity contribution < 1.29 is 13.5 Å². The Morgan fingerprint density at radius 2 is 2.32 bits per heavy atom. The van der Waals surface area contributed by atoms with E-state index in [1.807, 2.05) is 17.5 Å². The van der Waals surface area contributed by atoms with Crippen LogP contribution in [0.15, 0.2) is 28.6 Å². The van der Waals surface area contributed by atoms with E-state index >= 15 is 0 Å². The molecule has 0 spiro atoms. The highest BCUT2D eigenvalue weighted by Crippen LogP contribution is 2.29. The lowest BCUT2D eigenvalue weighted by molar-refractivity contribution is 0.198. The quantitative estimate of drug-likeness (QED) is 0.856. The van der Waals surface area contributed by atoms with Crippen LogP contribution in [0, 0.1) is 0 Å². The molecule has 1 atom stereocenters. The van der Waals surface area contributed by atoms with Gasteiger partial charge in [0.2, 0.25) is 10.0 Å². The lowest BCUT2D eigenvalue weighted by Crippen LogP contribution is -2.30. The van der Waals surface area contributed by atoms with Gasteiger partial charge in [-0.2, -0.15) is 5.10 Å². The Labute approximate surface area is 115 Å². The second-order valence-corrected chi connectivity index (χ2v) is 6.88. The zero-order valence-electron chi connectivity index (χ0n) is 10.6. The third-order valence-electron chi connectivity index (χ3n) is 2.41. The first kappa shape index (κ1) is 14.2. The summed E-state index contributed by atoms with van der Waals surface area (Å²) >= 11 is 1.43. The molecule has 0 saturated carbocycles. The molecule has 0 aromatic carbocycles. The van der Waals surface area contributed by atoms with Gasteiger partial charge in [0.25, 0.3) is 0 Å². The molecule has 2 aromatic heterocycles. The fraction of sp³-hybridized carbons (Fsp3) is 0.364. The van der Waals surface area contributed by atoms with Crippen LogP contribution in [0.5, 0.6) is 0 Å².